The van der Waals surface area contributed by atoms with Crippen LogP contribution in [0.5, 0.6) is 0 Å². The monoisotopic (exact) mass is 422 g/mol. The Balaban J connectivity index is 1.32. The van der Waals surface area contributed by atoms with Crippen LogP contribution in [0, 0.1) is 0 Å². The third-order valence-electron chi connectivity index (χ3n) is 6.01. The largest absolute Gasteiger partial charge is 0.354 e. The Hall–Kier alpha value is -3.28. The van der Waals surface area contributed by atoms with Crippen LogP contribution < -0.4 is 0 Å². The number of para-hydroxylation sites is 1. The van der Waals surface area contributed by atoms with Crippen molar-refractivity contribution < 1.29 is 0 Å². The lowest BCUT2D eigenvalue weighted by Crippen LogP contribution is -2.31. The van der Waals surface area contributed by atoms with E-state index in [4.69, 9.17) is 4.98 Å². The Labute approximate surface area is 185 Å². The molecular formula is C26H22N4S. The number of thiophene rings is 1. The number of H-pyrrole nitrogens is 1. The van der Waals surface area contributed by atoms with Crippen LogP contribution >= 0.6 is 11.3 Å². The standard InChI is InChI=1S/C26H22N4S/c1-2-7-18(8-3-1)25-21(20-9-4-5-10-23(20)28-25)17-30-13-12-22-19(16-30)15-27-26(29-22)24-11-6-14-31-24/h1-11,14-15,28H,12-13,16-17H2. The van der Waals surface area contributed by atoms with E-state index in [1.807, 2.05) is 6.20 Å². The van der Waals surface area contributed by atoms with E-state index >= 15 is 0 Å². The van der Waals surface area contributed by atoms with E-state index < -0.39 is 0 Å². The number of hydrogen-bond donors (Lipinski definition) is 1. The Morgan fingerprint density at radius 2 is 1.84 bits per heavy atom. The van der Waals surface area contributed by atoms with Gasteiger partial charge < -0.3 is 4.98 Å². The van der Waals surface area contributed by atoms with Gasteiger partial charge in [-0.25, -0.2) is 9.97 Å². The van der Waals surface area contributed by atoms with Gasteiger partial charge in [-0.2, -0.15) is 0 Å². The second-order valence-electron chi connectivity index (χ2n) is 7.99. The van der Waals surface area contributed by atoms with Crippen molar-refractivity contribution >= 4 is 22.2 Å². The molecule has 0 aliphatic carbocycles. The van der Waals surface area contributed by atoms with Gasteiger partial charge in [0.25, 0.3) is 0 Å². The van der Waals surface area contributed by atoms with Gasteiger partial charge in [-0.1, -0.05) is 54.6 Å². The molecule has 0 bridgehead atoms. The SMILES string of the molecule is c1ccc(-c2[nH]c3ccccc3c2CN2CCc3nc(-c4cccs4)ncc3C2)cc1. The Morgan fingerprint density at radius 1 is 0.968 bits per heavy atom. The van der Waals surface area contributed by atoms with Crippen molar-refractivity contribution in [2.45, 2.75) is 19.5 Å². The summed E-state index contributed by atoms with van der Waals surface area (Å²) < 4.78 is 0. The van der Waals surface area contributed by atoms with Crippen LogP contribution in [0.2, 0.25) is 0 Å². The number of nitrogens with zero attached hydrogens (tertiary/aromatic N) is 3. The summed E-state index contributed by atoms with van der Waals surface area (Å²) in [6.07, 6.45) is 2.98. The van der Waals surface area contributed by atoms with E-state index in [9.17, 15) is 0 Å². The predicted octanol–water partition coefficient (Wildman–Crippen LogP) is 5.91. The lowest BCUT2D eigenvalue weighted by Gasteiger charge is -2.28. The quantitative estimate of drug-likeness (QED) is 0.391. The molecule has 0 spiro atoms. The molecule has 3 aromatic heterocycles. The Bertz CT molecular complexity index is 1340. The average molecular weight is 423 g/mol. The molecule has 1 aliphatic rings. The molecule has 5 heteroatoms. The van der Waals surface area contributed by atoms with Crippen LogP contribution in [0.15, 0.2) is 78.3 Å². The van der Waals surface area contributed by atoms with Crippen molar-refractivity contribution in [1.29, 1.82) is 0 Å². The van der Waals surface area contributed by atoms with Gasteiger partial charge in [0, 0.05) is 48.7 Å². The molecule has 1 aliphatic heterocycles. The van der Waals surface area contributed by atoms with Gasteiger partial charge in [0.1, 0.15) is 0 Å². The molecule has 4 nitrogen and oxygen atoms in total. The minimum absolute atomic E-state index is 0.852. The normalized spacial score (nSPS) is 14.1. The zero-order chi connectivity index (χ0) is 20.6. The topological polar surface area (TPSA) is 44.8 Å². The highest BCUT2D eigenvalue weighted by atomic mass is 32.1. The fourth-order valence-corrected chi connectivity index (χ4v) is 5.14. The van der Waals surface area contributed by atoms with Crippen LogP contribution in [0.3, 0.4) is 0 Å². The maximum absolute atomic E-state index is 4.87. The minimum Gasteiger partial charge on any atom is -0.354 e. The fourth-order valence-electron chi connectivity index (χ4n) is 4.47. The number of fused-ring (bicyclic) bond motifs is 2. The lowest BCUT2D eigenvalue weighted by atomic mass is 10.0. The molecule has 0 amide bonds. The lowest BCUT2D eigenvalue weighted by molar-refractivity contribution is 0.244. The molecule has 0 atom stereocenters. The third kappa shape index (κ3) is 3.46. The van der Waals surface area contributed by atoms with Gasteiger partial charge in [-0.3, -0.25) is 4.90 Å². The van der Waals surface area contributed by atoms with Gasteiger partial charge in [-0.15, -0.1) is 11.3 Å². The Kier molecular flexibility index (Phi) is 4.63. The first-order valence-corrected chi connectivity index (χ1v) is 11.5. The van der Waals surface area contributed by atoms with Gasteiger partial charge >= 0.3 is 0 Å². The fraction of sp³-hybridized carbons (Fsp3) is 0.154. The minimum atomic E-state index is 0.852. The molecule has 1 N–H and O–H groups in total. The second-order valence-corrected chi connectivity index (χ2v) is 8.94. The van der Waals surface area contributed by atoms with Crippen LogP contribution in [0.25, 0.3) is 32.9 Å². The van der Waals surface area contributed by atoms with Crippen molar-refractivity contribution in [3.63, 3.8) is 0 Å². The first kappa shape index (κ1) is 18.5. The summed E-state index contributed by atoms with van der Waals surface area (Å²) >= 11 is 1.69. The number of rotatable bonds is 4. The third-order valence-corrected chi connectivity index (χ3v) is 6.88. The van der Waals surface area contributed by atoms with Gasteiger partial charge in [0.05, 0.1) is 16.3 Å². The molecule has 2 aromatic carbocycles. The molecule has 4 heterocycles. The first-order chi connectivity index (χ1) is 15.3. The van der Waals surface area contributed by atoms with E-state index in [1.54, 1.807) is 11.3 Å². The molecule has 0 fully saturated rings. The first-order valence-electron chi connectivity index (χ1n) is 10.6. The van der Waals surface area contributed by atoms with Crippen LogP contribution in [-0.4, -0.2) is 26.4 Å². The molecule has 31 heavy (non-hydrogen) atoms. The predicted molar refractivity (Wildman–Crippen MR) is 127 cm³/mol. The molecule has 0 saturated carbocycles. The van der Waals surface area contributed by atoms with E-state index in [-0.39, 0.29) is 0 Å². The van der Waals surface area contributed by atoms with Crippen molar-refractivity contribution in [2.75, 3.05) is 6.54 Å². The van der Waals surface area contributed by atoms with Crippen molar-refractivity contribution in [3.8, 4) is 22.0 Å². The second kappa shape index (κ2) is 7.76. The van der Waals surface area contributed by atoms with E-state index in [2.05, 4.69) is 87.0 Å². The molecule has 6 rings (SSSR count). The number of hydrogen-bond acceptors (Lipinski definition) is 4. The summed E-state index contributed by atoms with van der Waals surface area (Å²) in [5.74, 6) is 0.852. The number of nitrogens with one attached hydrogen (secondary N) is 1. The molecule has 0 radical (unpaired) electrons. The Morgan fingerprint density at radius 3 is 2.71 bits per heavy atom. The summed E-state index contributed by atoms with van der Waals surface area (Å²) in [5.41, 5.74) is 7.44. The summed E-state index contributed by atoms with van der Waals surface area (Å²) in [6, 6.07) is 23.4. The molecular weight excluding hydrogens is 400 g/mol. The van der Waals surface area contributed by atoms with E-state index in [0.717, 1.165) is 36.8 Å². The molecule has 5 aromatic rings. The van der Waals surface area contributed by atoms with Crippen molar-refractivity contribution in [3.05, 3.63) is 95.1 Å². The maximum atomic E-state index is 4.87. The van der Waals surface area contributed by atoms with E-state index in [0.29, 0.717) is 0 Å². The summed E-state index contributed by atoms with van der Waals surface area (Å²) in [6.45, 7) is 2.79. The highest BCUT2D eigenvalue weighted by Crippen LogP contribution is 2.32. The van der Waals surface area contributed by atoms with E-state index in [1.165, 1.54) is 39.0 Å². The molecule has 0 saturated heterocycles. The highest BCUT2D eigenvalue weighted by Gasteiger charge is 2.22. The van der Waals surface area contributed by atoms with Crippen LogP contribution in [0.1, 0.15) is 16.8 Å². The maximum Gasteiger partial charge on any atom is 0.169 e. The summed E-state index contributed by atoms with van der Waals surface area (Å²) in [5, 5.41) is 3.38. The van der Waals surface area contributed by atoms with Crippen LogP contribution in [-0.2, 0) is 19.5 Å². The number of aromatic amines is 1. The van der Waals surface area contributed by atoms with Crippen molar-refractivity contribution in [1.82, 2.24) is 19.9 Å². The van der Waals surface area contributed by atoms with Crippen LogP contribution in [0.4, 0.5) is 0 Å². The smallest absolute Gasteiger partial charge is 0.169 e. The van der Waals surface area contributed by atoms with Gasteiger partial charge in [-0.05, 0) is 28.6 Å². The average Bonchev–Trinajstić information content (AvgIpc) is 3.48. The zero-order valence-electron chi connectivity index (χ0n) is 17.1. The summed E-state index contributed by atoms with van der Waals surface area (Å²) in [7, 11) is 0. The zero-order valence-corrected chi connectivity index (χ0v) is 17.9. The highest BCUT2D eigenvalue weighted by molar-refractivity contribution is 7.13. The van der Waals surface area contributed by atoms with Crippen molar-refractivity contribution in [2.24, 2.45) is 0 Å². The molecule has 152 valence electrons. The van der Waals surface area contributed by atoms with Gasteiger partial charge in [0.15, 0.2) is 5.82 Å². The number of aromatic nitrogens is 3. The summed E-state index contributed by atoms with van der Waals surface area (Å²) in [4.78, 5) is 16.8. The van der Waals surface area contributed by atoms with Gasteiger partial charge in [0.2, 0.25) is 0 Å². The molecule has 0 unspecified atom stereocenters. The number of benzene rings is 2.